The second kappa shape index (κ2) is 9.97. The lowest BCUT2D eigenvalue weighted by atomic mass is 10.1. The zero-order chi connectivity index (χ0) is 19.9. The summed E-state index contributed by atoms with van der Waals surface area (Å²) in [6.07, 6.45) is 9.40. The molecule has 0 spiro atoms. The minimum absolute atomic E-state index is 0.0314. The Hall–Kier alpha value is -2.27. The summed E-state index contributed by atoms with van der Waals surface area (Å²) in [6.45, 7) is 2.70. The maximum absolute atomic E-state index is 12.6. The summed E-state index contributed by atoms with van der Waals surface area (Å²) >= 11 is 1.83. The van der Waals surface area contributed by atoms with Crippen molar-refractivity contribution in [2.24, 2.45) is 0 Å². The quantitative estimate of drug-likeness (QED) is 0.403. The first-order valence-corrected chi connectivity index (χ1v) is 11.7. The Kier molecular flexibility index (Phi) is 6.88. The average molecular weight is 412 g/mol. The van der Waals surface area contributed by atoms with E-state index in [1.54, 1.807) is 0 Å². The molecule has 3 aromatic rings. The van der Waals surface area contributed by atoms with Crippen LogP contribution in [0.25, 0.3) is 11.0 Å². The molecule has 5 heteroatoms. The number of piperidine rings is 1. The van der Waals surface area contributed by atoms with Gasteiger partial charge in [0.1, 0.15) is 5.58 Å². The number of benzene rings is 1. The SMILES string of the molecule is O=c1cc(OCCCCCCc2cccs2)oc2ccc(N3CCCCC3)cc12. The first-order chi connectivity index (χ1) is 14.3. The fraction of sp³-hybridized carbons (Fsp3) is 0.458. The van der Waals surface area contributed by atoms with Gasteiger partial charge < -0.3 is 14.1 Å². The lowest BCUT2D eigenvalue weighted by Crippen LogP contribution is -2.29. The number of hydrogen-bond donors (Lipinski definition) is 0. The van der Waals surface area contributed by atoms with Crippen molar-refractivity contribution in [3.8, 4) is 5.95 Å². The van der Waals surface area contributed by atoms with Crippen molar-refractivity contribution in [2.75, 3.05) is 24.6 Å². The number of unbranched alkanes of at least 4 members (excludes halogenated alkanes) is 3. The lowest BCUT2D eigenvalue weighted by Gasteiger charge is -2.28. The van der Waals surface area contributed by atoms with Gasteiger partial charge in [0, 0.05) is 23.7 Å². The average Bonchev–Trinajstić information content (AvgIpc) is 3.27. The molecule has 0 amide bonds. The highest BCUT2D eigenvalue weighted by Gasteiger charge is 2.13. The molecular formula is C24H29NO3S. The number of ether oxygens (including phenoxy) is 1. The van der Waals surface area contributed by atoms with Gasteiger partial charge in [-0.15, -0.1) is 11.3 Å². The molecule has 2 aromatic heterocycles. The zero-order valence-corrected chi connectivity index (χ0v) is 17.7. The van der Waals surface area contributed by atoms with Crippen molar-refractivity contribution in [1.82, 2.24) is 0 Å². The number of anilines is 1. The van der Waals surface area contributed by atoms with Crippen molar-refractivity contribution in [1.29, 1.82) is 0 Å². The third-order valence-electron chi connectivity index (χ3n) is 5.55. The van der Waals surface area contributed by atoms with Gasteiger partial charge in [-0.05, 0) is 68.2 Å². The third-order valence-corrected chi connectivity index (χ3v) is 6.49. The van der Waals surface area contributed by atoms with E-state index in [1.165, 1.54) is 43.0 Å². The van der Waals surface area contributed by atoms with E-state index in [1.807, 2.05) is 29.5 Å². The maximum atomic E-state index is 12.6. The van der Waals surface area contributed by atoms with Crippen molar-refractivity contribution in [3.05, 3.63) is 56.9 Å². The maximum Gasteiger partial charge on any atom is 0.288 e. The first-order valence-electron chi connectivity index (χ1n) is 10.8. The molecule has 0 atom stereocenters. The molecule has 1 aliphatic heterocycles. The van der Waals surface area contributed by atoms with Crippen molar-refractivity contribution >= 4 is 28.0 Å². The van der Waals surface area contributed by atoms with Gasteiger partial charge in [0.2, 0.25) is 0 Å². The van der Waals surface area contributed by atoms with E-state index >= 15 is 0 Å². The topological polar surface area (TPSA) is 42.7 Å². The lowest BCUT2D eigenvalue weighted by molar-refractivity contribution is 0.238. The molecule has 0 unspecified atom stereocenters. The van der Waals surface area contributed by atoms with Crippen molar-refractivity contribution < 1.29 is 9.15 Å². The van der Waals surface area contributed by atoms with Crippen LogP contribution in [-0.2, 0) is 6.42 Å². The van der Waals surface area contributed by atoms with Gasteiger partial charge in [-0.1, -0.05) is 18.9 Å². The molecule has 3 heterocycles. The molecule has 0 bridgehead atoms. The summed E-state index contributed by atoms with van der Waals surface area (Å²) in [6, 6.07) is 11.7. The summed E-state index contributed by atoms with van der Waals surface area (Å²) in [5.74, 6) is 0.326. The van der Waals surface area contributed by atoms with Gasteiger partial charge in [0.15, 0.2) is 5.43 Å². The van der Waals surface area contributed by atoms with Gasteiger partial charge in [0.05, 0.1) is 18.1 Å². The van der Waals surface area contributed by atoms with Crippen LogP contribution in [0.3, 0.4) is 0 Å². The molecule has 0 radical (unpaired) electrons. The largest absolute Gasteiger partial charge is 0.465 e. The van der Waals surface area contributed by atoms with Crippen LogP contribution in [0.1, 0.15) is 49.8 Å². The van der Waals surface area contributed by atoms with E-state index < -0.39 is 0 Å². The van der Waals surface area contributed by atoms with Crippen LogP contribution in [0.5, 0.6) is 5.95 Å². The number of rotatable bonds is 9. The minimum Gasteiger partial charge on any atom is -0.465 e. The smallest absolute Gasteiger partial charge is 0.288 e. The first kappa shape index (κ1) is 20.0. The van der Waals surface area contributed by atoms with E-state index in [9.17, 15) is 4.79 Å². The minimum atomic E-state index is -0.0314. The zero-order valence-electron chi connectivity index (χ0n) is 16.9. The van der Waals surface area contributed by atoms with E-state index in [2.05, 4.69) is 22.4 Å². The monoisotopic (exact) mass is 411 g/mol. The standard InChI is InChI=1S/C24H29NO3S/c26-22-18-24(27-15-7-2-1-4-9-20-10-8-16-29-20)28-23-12-11-19(17-21(22)23)25-13-5-3-6-14-25/h8,10-12,16-18H,1-7,9,13-15H2. The number of nitrogens with zero attached hydrogens (tertiary/aromatic N) is 1. The number of aryl methyl sites for hydroxylation is 1. The van der Waals surface area contributed by atoms with Crippen LogP contribution in [0.4, 0.5) is 5.69 Å². The van der Waals surface area contributed by atoms with Crippen LogP contribution < -0.4 is 15.1 Å². The Morgan fingerprint density at radius 3 is 2.69 bits per heavy atom. The van der Waals surface area contributed by atoms with E-state index in [-0.39, 0.29) is 5.43 Å². The van der Waals surface area contributed by atoms with Crippen LogP contribution in [0.2, 0.25) is 0 Å². The summed E-state index contributed by atoms with van der Waals surface area (Å²) in [5.41, 5.74) is 1.68. The predicted octanol–water partition coefficient (Wildman–Crippen LogP) is 6.03. The van der Waals surface area contributed by atoms with Gasteiger partial charge in [-0.3, -0.25) is 4.79 Å². The van der Waals surface area contributed by atoms with Crippen molar-refractivity contribution in [3.63, 3.8) is 0 Å². The predicted molar refractivity (Wildman–Crippen MR) is 121 cm³/mol. The van der Waals surface area contributed by atoms with Crippen molar-refractivity contribution in [2.45, 2.75) is 51.4 Å². The Labute approximate surface area is 176 Å². The third kappa shape index (κ3) is 5.41. The summed E-state index contributed by atoms with van der Waals surface area (Å²) in [5, 5.41) is 2.77. The molecule has 0 saturated carbocycles. The molecular weight excluding hydrogens is 382 g/mol. The molecule has 4 nitrogen and oxygen atoms in total. The molecule has 0 aliphatic carbocycles. The normalized spacial score (nSPS) is 14.4. The highest BCUT2D eigenvalue weighted by molar-refractivity contribution is 7.09. The molecule has 4 rings (SSSR count). The molecule has 0 N–H and O–H groups in total. The highest BCUT2D eigenvalue weighted by atomic mass is 32.1. The molecule has 29 heavy (non-hydrogen) atoms. The Balaban J connectivity index is 1.27. The van der Waals surface area contributed by atoms with Crippen LogP contribution in [0, 0.1) is 0 Å². The van der Waals surface area contributed by atoms with Crippen LogP contribution in [-0.4, -0.2) is 19.7 Å². The number of hydrogen-bond acceptors (Lipinski definition) is 5. The fourth-order valence-corrected chi connectivity index (χ4v) is 4.68. The van der Waals surface area contributed by atoms with Gasteiger partial charge >= 0.3 is 0 Å². The second-order valence-corrected chi connectivity index (χ2v) is 8.78. The van der Waals surface area contributed by atoms with E-state index in [0.717, 1.165) is 38.0 Å². The highest BCUT2D eigenvalue weighted by Crippen LogP contribution is 2.25. The van der Waals surface area contributed by atoms with Gasteiger partial charge in [0.25, 0.3) is 5.95 Å². The van der Waals surface area contributed by atoms with Crippen LogP contribution >= 0.6 is 11.3 Å². The Bertz CT molecular complexity index is 958. The second-order valence-electron chi connectivity index (χ2n) is 7.75. The molecule has 1 fully saturated rings. The number of fused-ring (bicyclic) bond motifs is 1. The van der Waals surface area contributed by atoms with Crippen LogP contribution in [0.15, 0.2) is 51.0 Å². The Morgan fingerprint density at radius 2 is 1.86 bits per heavy atom. The van der Waals surface area contributed by atoms with E-state index in [4.69, 9.17) is 9.15 Å². The summed E-state index contributed by atoms with van der Waals surface area (Å²) in [7, 11) is 0. The van der Waals surface area contributed by atoms with Gasteiger partial charge in [-0.2, -0.15) is 0 Å². The number of thiophene rings is 1. The summed E-state index contributed by atoms with van der Waals surface area (Å²) in [4.78, 5) is 16.4. The fourth-order valence-electron chi connectivity index (χ4n) is 3.92. The van der Waals surface area contributed by atoms with E-state index in [0.29, 0.717) is 23.5 Å². The Morgan fingerprint density at radius 1 is 1.00 bits per heavy atom. The molecule has 1 saturated heterocycles. The molecule has 1 aromatic carbocycles. The molecule has 1 aliphatic rings. The molecule has 154 valence electrons. The van der Waals surface area contributed by atoms with Gasteiger partial charge in [-0.25, -0.2) is 0 Å². The summed E-state index contributed by atoms with van der Waals surface area (Å²) < 4.78 is 11.5.